The molecular formula is C12H16N4O. The second-order valence-corrected chi connectivity index (χ2v) is 4.55. The van der Waals surface area contributed by atoms with Crippen molar-refractivity contribution in [2.75, 3.05) is 31.7 Å². The van der Waals surface area contributed by atoms with Gasteiger partial charge in [0.2, 0.25) is 0 Å². The summed E-state index contributed by atoms with van der Waals surface area (Å²) in [5.41, 5.74) is 0.893. The minimum Gasteiger partial charge on any atom is -0.381 e. The number of nitrogens with one attached hydrogen (secondary N) is 1. The van der Waals surface area contributed by atoms with E-state index in [0.29, 0.717) is 5.92 Å². The van der Waals surface area contributed by atoms with Crippen molar-refractivity contribution in [3.05, 3.63) is 18.6 Å². The summed E-state index contributed by atoms with van der Waals surface area (Å²) in [6.07, 6.45) is 4.65. The number of hydrogen-bond acceptors (Lipinski definition) is 4. The third-order valence-corrected chi connectivity index (χ3v) is 3.25. The van der Waals surface area contributed by atoms with Crippen LogP contribution in [0.25, 0.3) is 11.0 Å². The molecule has 1 atom stereocenters. The smallest absolute Gasteiger partial charge is 0.142 e. The third-order valence-electron chi connectivity index (χ3n) is 3.25. The summed E-state index contributed by atoms with van der Waals surface area (Å²) in [4.78, 5) is 13.9. The monoisotopic (exact) mass is 232 g/mol. The number of fused-ring (bicyclic) bond motifs is 1. The fraction of sp³-hybridized carbons (Fsp3) is 0.500. The summed E-state index contributed by atoms with van der Waals surface area (Å²) < 4.78 is 5.40. The van der Waals surface area contributed by atoms with Gasteiger partial charge in [-0.3, -0.25) is 0 Å². The largest absolute Gasteiger partial charge is 0.381 e. The molecule has 17 heavy (non-hydrogen) atoms. The van der Waals surface area contributed by atoms with Crippen LogP contribution in [-0.2, 0) is 4.74 Å². The molecule has 1 aliphatic heterocycles. The maximum Gasteiger partial charge on any atom is 0.142 e. The standard InChI is InChI=1S/C12H16N4O/c1-16(6-9-3-5-17-7-9)12-10-2-4-13-11(10)14-8-15-12/h2,4,8-9H,3,5-7H2,1H3,(H,13,14,15). The lowest BCUT2D eigenvalue weighted by atomic mass is 10.1. The van der Waals surface area contributed by atoms with Crippen LogP contribution in [-0.4, -0.2) is 41.8 Å². The highest BCUT2D eigenvalue weighted by atomic mass is 16.5. The van der Waals surface area contributed by atoms with Gasteiger partial charge in [-0.25, -0.2) is 9.97 Å². The zero-order valence-electron chi connectivity index (χ0n) is 9.89. The second kappa shape index (κ2) is 4.33. The Balaban J connectivity index is 1.84. The molecule has 5 nitrogen and oxygen atoms in total. The maximum atomic E-state index is 5.40. The Bertz CT molecular complexity index is 504. The molecule has 0 radical (unpaired) electrons. The van der Waals surface area contributed by atoms with Crippen LogP contribution in [0.15, 0.2) is 18.6 Å². The van der Waals surface area contributed by atoms with Crippen molar-refractivity contribution in [2.45, 2.75) is 6.42 Å². The lowest BCUT2D eigenvalue weighted by Gasteiger charge is -2.21. The van der Waals surface area contributed by atoms with Crippen LogP contribution in [0.3, 0.4) is 0 Å². The Kier molecular flexibility index (Phi) is 2.68. The van der Waals surface area contributed by atoms with Gasteiger partial charge in [-0.1, -0.05) is 0 Å². The molecule has 1 aliphatic rings. The lowest BCUT2D eigenvalue weighted by Crippen LogP contribution is -2.26. The van der Waals surface area contributed by atoms with Crippen molar-refractivity contribution in [1.82, 2.24) is 15.0 Å². The first-order valence-corrected chi connectivity index (χ1v) is 5.91. The van der Waals surface area contributed by atoms with Gasteiger partial charge < -0.3 is 14.6 Å². The number of anilines is 1. The number of ether oxygens (including phenoxy) is 1. The molecular weight excluding hydrogens is 216 g/mol. The fourth-order valence-electron chi connectivity index (χ4n) is 2.36. The van der Waals surface area contributed by atoms with Crippen molar-refractivity contribution in [1.29, 1.82) is 0 Å². The molecule has 0 saturated carbocycles. The van der Waals surface area contributed by atoms with E-state index in [1.165, 1.54) is 0 Å². The first kappa shape index (κ1) is 10.5. The van der Waals surface area contributed by atoms with Gasteiger partial charge in [-0.2, -0.15) is 0 Å². The summed E-state index contributed by atoms with van der Waals surface area (Å²) in [5, 5.41) is 1.08. The highest BCUT2D eigenvalue weighted by Gasteiger charge is 2.19. The van der Waals surface area contributed by atoms with Crippen LogP contribution < -0.4 is 4.90 Å². The second-order valence-electron chi connectivity index (χ2n) is 4.55. The summed E-state index contributed by atoms with van der Waals surface area (Å²) in [6, 6.07) is 2.02. The summed E-state index contributed by atoms with van der Waals surface area (Å²) in [6.45, 7) is 2.74. The Hall–Kier alpha value is -1.62. The van der Waals surface area contributed by atoms with E-state index in [9.17, 15) is 0 Å². The first-order chi connectivity index (χ1) is 8.34. The average Bonchev–Trinajstić information content (AvgIpc) is 2.97. The number of rotatable bonds is 3. The van der Waals surface area contributed by atoms with Crippen LogP contribution in [0.2, 0.25) is 0 Å². The van der Waals surface area contributed by atoms with E-state index < -0.39 is 0 Å². The number of nitrogens with zero attached hydrogens (tertiary/aromatic N) is 3. The number of hydrogen-bond donors (Lipinski definition) is 1. The molecule has 0 aliphatic carbocycles. The Morgan fingerprint density at radius 3 is 3.29 bits per heavy atom. The molecule has 90 valence electrons. The average molecular weight is 232 g/mol. The quantitative estimate of drug-likeness (QED) is 0.869. The van der Waals surface area contributed by atoms with Crippen molar-refractivity contribution < 1.29 is 4.74 Å². The van der Waals surface area contributed by atoms with Gasteiger partial charge in [-0.15, -0.1) is 0 Å². The number of H-pyrrole nitrogens is 1. The Morgan fingerprint density at radius 2 is 2.47 bits per heavy atom. The number of aromatic nitrogens is 3. The molecule has 3 rings (SSSR count). The van der Waals surface area contributed by atoms with Gasteiger partial charge in [0.05, 0.1) is 12.0 Å². The fourth-order valence-corrected chi connectivity index (χ4v) is 2.36. The van der Waals surface area contributed by atoms with Crippen molar-refractivity contribution >= 4 is 16.9 Å². The minimum absolute atomic E-state index is 0.615. The Morgan fingerprint density at radius 1 is 1.53 bits per heavy atom. The molecule has 0 spiro atoms. The first-order valence-electron chi connectivity index (χ1n) is 5.91. The van der Waals surface area contributed by atoms with Crippen molar-refractivity contribution in [3.63, 3.8) is 0 Å². The number of aromatic amines is 1. The highest BCUT2D eigenvalue weighted by molar-refractivity contribution is 5.87. The lowest BCUT2D eigenvalue weighted by molar-refractivity contribution is 0.186. The molecule has 3 heterocycles. The van der Waals surface area contributed by atoms with E-state index in [-0.39, 0.29) is 0 Å². The van der Waals surface area contributed by atoms with Crippen molar-refractivity contribution in [2.24, 2.45) is 5.92 Å². The molecule has 2 aromatic heterocycles. The normalized spacial score (nSPS) is 19.9. The molecule has 0 bridgehead atoms. The van der Waals surface area contributed by atoms with Gasteiger partial charge >= 0.3 is 0 Å². The summed E-state index contributed by atoms with van der Waals surface area (Å²) >= 11 is 0. The van der Waals surface area contributed by atoms with Gasteiger partial charge in [0.1, 0.15) is 17.8 Å². The van der Waals surface area contributed by atoms with Crippen LogP contribution in [0.1, 0.15) is 6.42 Å². The summed E-state index contributed by atoms with van der Waals surface area (Å²) in [7, 11) is 2.08. The van der Waals surface area contributed by atoms with E-state index in [0.717, 1.165) is 43.0 Å². The molecule has 1 N–H and O–H groups in total. The molecule has 1 unspecified atom stereocenters. The van der Waals surface area contributed by atoms with Gasteiger partial charge in [-0.05, 0) is 12.5 Å². The molecule has 5 heteroatoms. The van der Waals surface area contributed by atoms with Gasteiger partial charge in [0, 0.05) is 32.3 Å². The summed E-state index contributed by atoms with van der Waals surface area (Å²) in [5.74, 6) is 1.60. The minimum atomic E-state index is 0.615. The molecule has 2 aromatic rings. The van der Waals surface area contributed by atoms with Crippen LogP contribution in [0.5, 0.6) is 0 Å². The van der Waals surface area contributed by atoms with Crippen LogP contribution >= 0.6 is 0 Å². The predicted octanol–water partition coefficient (Wildman–Crippen LogP) is 1.43. The van der Waals surface area contributed by atoms with Crippen LogP contribution in [0.4, 0.5) is 5.82 Å². The zero-order chi connectivity index (χ0) is 11.7. The predicted molar refractivity (Wildman–Crippen MR) is 66.1 cm³/mol. The van der Waals surface area contributed by atoms with E-state index in [4.69, 9.17) is 4.74 Å². The highest BCUT2D eigenvalue weighted by Crippen LogP contribution is 2.23. The zero-order valence-corrected chi connectivity index (χ0v) is 9.89. The van der Waals surface area contributed by atoms with Crippen molar-refractivity contribution in [3.8, 4) is 0 Å². The van der Waals surface area contributed by atoms with E-state index >= 15 is 0 Å². The van der Waals surface area contributed by atoms with E-state index in [1.807, 2.05) is 12.3 Å². The van der Waals surface area contributed by atoms with E-state index in [1.54, 1.807) is 6.33 Å². The SMILES string of the molecule is CN(CC1CCOC1)c1ncnc2[nH]ccc12. The van der Waals surface area contributed by atoms with Gasteiger partial charge in [0.15, 0.2) is 0 Å². The van der Waals surface area contributed by atoms with Crippen LogP contribution in [0, 0.1) is 5.92 Å². The van der Waals surface area contributed by atoms with E-state index in [2.05, 4.69) is 26.9 Å². The van der Waals surface area contributed by atoms with Gasteiger partial charge in [0.25, 0.3) is 0 Å². The molecule has 0 aromatic carbocycles. The Labute approximate surface area is 99.8 Å². The maximum absolute atomic E-state index is 5.40. The topological polar surface area (TPSA) is 54.0 Å². The third kappa shape index (κ3) is 1.98. The molecule has 1 fully saturated rings. The molecule has 0 amide bonds. The molecule has 1 saturated heterocycles.